The van der Waals surface area contributed by atoms with Crippen LogP contribution >= 0.6 is 0 Å². The molecule has 17 heavy (non-hydrogen) atoms. The molecule has 96 valence electrons. The lowest BCUT2D eigenvalue weighted by atomic mass is 10.0. The molecular weight excluding hydrogens is 224 g/mol. The summed E-state index contributed by atoms with van der Waals surface area (Å²) in [5, 5.41) is 11.4. The van der Waals surface area contributed by atoms with Crippen LogP contribution in [0.2, 0.25) is 0 Å². The highest BCUT2D eigenvalue weighted by Crippen LogP contribution is 2.24. The summed E-state index contributed by atoms with van der Waals surface area (Å²) in [6, 6.07) is -0.544. The van der Waals surface area contributed by atoms with Crippen molar-refractivity contribution in [2.75, 3.05) is 6.54 Å². The summed E-state index contributed by atoms with van der Waals surface area (Å²) in [5.41, 5.74) is 0. The molecule has 0 aromatic rings. The quantitative estimate of drug-likeness (QED) is 0.658. The Balaban J connectivity index is 2.66. The molecule has 0 spiro atoms. The summed E-state index contributed by atoms with van der Waals surface area (Å²) in [7, 11) is 0. The summed E-state index contributed by atoms with van der Waals surface area (Å²) >= 11 is 0. The molecule has 0 bridgehead atoms. The average Bonchev–Trinajstić information content (AvgIpc) is 2.57. The molecule has 6 heteroatoms. The van der Waals surface area contributed by atoms with Crippen LogP contribution in [-0.4, -0.2) is 46.4 Å². The van der Waals surface area contributed by atoms with E-state index in [-0.39, 0.29) is 6.04 Å². The topological polar surface area (TPSA) is 86.7 Å². The van der Waals surface area contributed by atoms with Gasteiger partial charge in [-0.15, -0.1) is 0 Å². The van der Waals surface area contributed by atoms with Crippen molar-refractivity contribution in [3.05, 3.63) is 0 Å². The van der Waals surface area contributed by atoms with Gasteiger partial charge in [0.15, 0.2) is 0 Å². The highest BCUT2D eigenvalue weighted by atomic mass is 16.4. The number of carboxylic acids is 1. The first-order valence-electron chi connectivity index (χ1n) is 5.68. The molecule has 2 atom stereocenters. The Morgan fingerprint density at radius 1 is 1.35 bits per heavy atom. The van der Waals surface area contributed by atoms with Gasteiger partial charge >= 0.3 is 17.8 Å². The molecular formula is C11H18N2O4. The Morgan fingerprint density at radius 3 is 2.35 bits per heavy atom. The van der Waals surface area contributed by atoms with Gasteiger partial charge in [0.05, 0.1) is 5.92 Å². The maximum Gasteiger partial charge on any atom is 0.312 e. The van der Waals surface area contributed by atoms with Crippen molar-refractivity contribution in [3.8, 4) is 0 Å². The minimum Gasteiger partial charge on any atom is -0.481 e. The number of carbonyl (C=O) groups excluding carboxylic acids is 2. The summed E-state index contributed by atoms with van der Waals surface area (Å²) in [6.45, 7) is 5.51. The third-order valence-electron chi connectivity index (χ3n) is 2.95. The van der Waals surface area contributed by atoms with E-state index < -0.39 is 29.7 Å². The standard InChI is InChI=1S/C11H18N2O4/c1-6(2)12-9(14)10(15)13-5-4-8(7(13)3)11(16)17/h6-8H,4-5H2,1-3H3,(H,12,14)(H,16,17). The van der Waals surface area contributed by atoms with E-state index in [1.165, 1.54) is 4.90 Å². The third kappa shape index (κ3) is 2.95. The minimum atomic E-state index is -0.919. The molecule has 0 aliphatic carbocycles. The molecule has 1 heterocycles. The zero-order chi connectivity index (χ0) is 13.2. The van der Waals surface area contributed by atoms with Gasteiger partial charge in [0.25, 0.3) is 0 Å². The predicted molar refractivity (Wildman–Crippen MR) is 60.2 cm³/mol. The van der Waals surface area contributed by atoms with E-state index in [2.05, 4.69) is 5.32 Å². The molecule has 2 unspecified atom stereocenters. The smallest absolute Gasteiger partial charge is 0.312 e. The van der Waals surface area contributed by atoms with Crippen molar-refractivity contribution in [2.24, 2.45) is 5.92 Å². The van der Waals surface area contributed by atoms with E-state index in [1.807, 2.05) is 0 Å². The maximum atomic E-state index is 11.8. The van der Waals surface area contributed by atoms with E-state index in [9.17, 15) is 14.4 Å². The fraction of sp³-hybridized carbons (Fsp3) is 0.727. The first kappa shape index (κ1) is 13.5. The lowest BCUT2D eigenvalue weighted by Gasteiger charge is -2.23. The number of hydrogen-bond donors (Lipinski definition) is 2. The van der Waals surface area contributed by atoms with Gasteiger partial charge in [0.1, 0.15) is 0 Å². The monoisotopic (exact) mass is 242 g/mol. The number of nitrogens with zero attached hydrogens (tertiary/aromatic N) is 1. The van der Waals surface area contributed by atoms with Crippen molar-refractivity contribution in [3.63, 3.8) is 0 Å². The molecule has 1 aliphatic heterocycles. The zero-order valence-electron chi connectivity index (χ0n) is 10.3. The highest BCUT2D eigenvalue weighted by molar-refractivity contribution is 6.35. The van der Waals surface area contributed by atoms with Gasteiger partial charge in [0.2, 0.25) is 0 Å². The molecule has 0 radical (unpaired) electrons. The van der Waals surface area contributed by atoms with Crippen molar-refractivity contribution in [1.29, 1.82) is 0 Å². The van der Waals surface area contributed by atoms with Gasteiger partial charge in [-0.2, -0.15) is 0 Å². The molecule has 0 saturated carbocycles. The second kappa shape index (κ2) is 5.16. The molecule has 1 saturated heterocycles. The van der Waals surface area contributed by atoms with Crippen LogP contribution in [0.1, 0.15) is 27.2 Å². The van der Waals surface area contributed by atoms with E-state index in [0.717, 1.165) is 0 Å². The first-order valence-corrected chi connectivity index (χ1v) is 5.68. The number of likely N-dealkylation sites (tertiary alicyclic amines) is 1. The van der Waals surface area contributed by atoms with E-state index >= 15 is 0 Å². The number of carboxylic acid groups (broad SMARTS) is 1. The molecule has 2 amide bonds. The Bertz CT molecular complexity index is 340. The van der Waals surface area contributed by atoms with Crippen molar-refractivity contribution < 1.29 is 19.5 Å². The van der Waals surface area contributed by atoms with Crippen LogP contribution in [-0.2, 0) is 14.4 Å². The van der Waals surface area contributed by atoms with Gasteiger partial charge in [-0.3, -0.25) is 14.4 Å². The van der Waals surface area contributed by atoms with Crippen LogP contribution in [0.15, 0.2) is 0 Å². The molecule has 1 fully saturated rings. The van der Waals surface area contributed by atoms with Crippen LogP contribution in [0.5, 0.6) is 0 Å². The number of hydrogen-bond acceptors (Lipinski definition) is 3. The van der Waals surface area contributed by atoms with Crippen LogP contribution in [0.25, 0.3) is 0 Å². The number of carbonyl (C=O) groups is 3. The lowest BCUT2D eigenvalue weighted by molar-refractivity contribution is -0.148. The summed E-state index contributed by atoms with van der Waals surface area (Å²) < 4.78 is 0. The van der Waals surface area contributed by atoms with Crippen LogP contribution in [0.4, 0.5) is 0 Å². The van der Waals surface area contributed by atoms with Gasteiger partial charge in [-0.1, -0.05) is 0 Å². The number of amides is 2. The Hall–Kier alpha value is -1.59. The molecule has 2 N–H and O–H groups in total. The van der Waals surface area contributed by atoms with Crippen LogP contribution in [0, 0.1) is 5.92 Å². The van der Waals surface area contributed by atoms with Crippen LogP contribution in [0.3, 0.4) is 0 Å². The Labute approximate surface area is 100.0 Å². The van der Waals surface area contributed by atoms with E-state index in [0.29, 0.717) is 13.0 Å². The van der Waals surface area contributed by atoms with Crippen molar-refractivity contribution in [2.45, 2.75) is 39.3 Å². The highest BCUT2D eigenvalue weighted by Gasteiger charge is 2.39. The molecule has 0 aromatic carbocycles. The SMILES string of the molecule is CC(C)NC(=O)C(=O)N1CCC(C(=O)O)C1C. The van der Waals surface area contributed by atoms with Crippen molar-refractivity contribution in [1.82, 2.24) is 10.2 Å². The molecule has 0 aromatic heterocycles. The molecule has 6 nitrogen and oxygen atoms in total. The maximum absolute atomic E-state index is 11.8. The second-order valence-corrected chi connectivity index (χ2v) is 4.60. The van der Waals surface area contributed by atoms with Crippen LogP contribution < -0.4 is 5.32 Å². The molecule has 1 rings (SSSR count). The zero-order valence-corrected chi connectivity index (χ0v) is 10.3. The van der Waals surface area contributed by atoms with Gasteiger partial charge in [-0.05, 0) is 27.2 Å². The third-order valence-corrected chi connectivity index (χ3v) is 2.95. The van der Waals surface area contributed by atoms with Gasteiger partial charge in [0, 0.05) is 18.6 Å². The first-order chi connectivity index (χ1) is 7.84. The number of nitrogens with one attached hydrogen (secondary N) is 1. The fourth-order valence-electron chi connectivity index (χ4n) is 2.01. The fourth-order valence-corrected chi connectivity index (χ4v) is 2.01. The average molecular weight is 242 g/mol. The van der Waals surface area contributed by atoms with Gasteiger partial charge in [-0.25, -0.2) is 0 Å². The summed E-state index contributed by atoms with van der Waals surface area (Å²) in [4.78, 5) is 35.5. The summed E-state index contributed by atoms with van der Waals surface area (Å²) in [5.74, 6) is -2.81. The largest absolute Gasteiger partial charge is 0.481 e. The van der Waals surface area contributed by atoms with E-state index in [1.54, 1.807) is 20.8 Å². The lowest BCUT2D eigenvalue weighted by Crippen LogP contribution is -2.47. The van der Waals surface area contributed by atoms with Crippen molar-refractivity contribution >= 4 is 17.8 Å². The van der Waals surface area contributed by atoms with Gasteiger partial charge < -0.3 is 15.3 Å². The Morgan fingerprint density at radius 2 is 1.94 bits per heavy atom. The number of rotatable bonds is 2. The minimum absolute atomic E-state index is 0.111. The number of aliphatic carboxylic acids is 1. The second-order valence-electron chi connectivity index (χ2n) is 4.60. The normalized spacial score (nSPS) is 23.9. The predicted octanol–water partition coefficient (Wildman–Crippen LogP) is -0.167. The Kier molecular flexibility index (Phi) is 4.09. The summed E-state index contributed by atoms with van der Waals surface area (Å²) in [6.07, 6.45) is 0.400. The molecule has 1 aliphatic rings. The van der Waals surface area contributed by atoms with E-state index in [4.69, 9.17) is 5.11 Å².